The van der Waals surface area contributed by atoms with Crippen LogP contribution in [0, 0.1) is 0 Å². The van der Waals surface area contributed by atoms with Crippen LogP contribution in [0.15, 0.2) is 27.6 Å². The van der Waals surface area contributed by atoms with E-state index in [9.17, 15) is 9.59 Å². The quantitative estimate of drug-likeness (QED) is 0.849. The summed E-state index contributed by atoms with van der Waals surface area (Å²) >= 11 is 3.26. The number of nitrogens with one attached hydrogen (secondary N) is 1. The van der Waals surface area contributed by atoms with Gasteiger partial charge < -0.3 is 4.74 Å². The fraction of sp³-hybridized carbons (Fsp3) is 0.182. The van der Waals surface area contributed by atoms with Crippen LogP contribution in [-0.4, -0.2) is 27.8 Å². The van der Waals surface area contributed by atoms with Gasteiger partial charge in [0.05, 0.1) is 18.4 Å². The smallest absolute Gasteiger partial charge is 0.356 e. The SMILES string of the molecule is COC(=O)c1[nH]n(C)c(=O)c1-c1ccc(Br)cn1. The summed E-state index contributed by atoms with van der Waals surface area (Å²) in [6, 6.07) is 3.40. The molecule has 0 spiro atoms. The average Bonchev–Trinajstić information content (AvgIpc) is 2.66. The molecule has 0 bridgehead atoms. The molecule has 0 unspecified atom stereocenters. The van der Waals surface area contributed by atoms with Crippen molar-refractivity contribution in [1.82, 2.24) is 14.8 Å². The van der Waals surface area contributed by atoms with Gasteiger partial charge in [-0.05, 0) is 28.1 Å². The summed E-state index contributed by atoms with van der Waals surface area (Å²) in [6.45, 7) is 0. The first-order chi connectivity index (χ1) is 8.54. The maximum Gasteiger partial charge on any atom is 0.356 e. The number of carbonyl (C=O) groups excluding carboxylic acids is 1. The number of hydrogen-bond donors (Lipinski definition) is 1. The first-order valence-corrected chi connectivity index (χ1v) is 5.83. The van der Waals surface area contributed by atoms with Gasteiger partial charge in [-0.25, -0.2) is 4.79 Å². The van der Waals surface area contributed by atoms with E-state index in [0.29, 0.717) is 5.69 Å². The first kappa shape index (κ1) is 12.6. The minimum absolute atomic E-state index is 0.0971. The molecule has 0 aromatic carbocycles. The van der Waals surface area contributed by atoms with Gasteiger partial charge in [0.1, 0.15) is 0 Å². The van der Waals surface area contributed by atoms with Crippen LogP contribution in [0.2, 0.25) is 0 Å². The molecule has 2 aromatic heterocycles. The molecule has 2 rings (SSSR count). The van der Waals surface area contributed by atoms with E-state index >= 15 is 0 Å². The van der Waals surface area contributed by atoms with Crippen LogP contribution in [0.3, 0.4) is 0 Å². The maximum atomic E-state index is 12.0. The number of carbonyl (C=O) groups is 1. The normalized spacial score (nSPS) is 10.4. The van der Waals surface area contributed by atoms with Crippen molar-refractivity contribution in [2.24, 2.45) is 7.05 Å². The number of pyridine rings is 1. The zero-order valence-corrected chi connectivity index (χ0v) is 11.3. The summed E-state index contributed by atoms with van der Waals surface area (Å²) in [6.07, 6.45) is 1.56. The molecule has 94 valence electrons. The lowest BCUT2D eigenvalue weighted by Crippen LogP contribution is -2.13. The molecule has 1 N–H and O–H groups in total. The van der Waals surface area contributed by atoms with Crippen molar-refractivity contribution in [2.45, 2.75) is 0 Å². The second kappa shape index (κ2) is 4.77. The van der Waals surface area contributed by atoms with Gasteiger partial charge in [-0.2, -0.15) is 0 Å². The van der Waals surface area contributed by atoms with E-state index in [1.165, 1.54) is 18.8 Å². The molecule has 0 atom stereocenters. The molecule has 0 saturated carbocycles. The van der Waals surface area contributed by atoms with Crippen LogP contribution in [0.25, 0.3) is 11.3 Å². The van der Waals surface area contributed by atoms with Gasteiger partial charge in [0, 0.05) is 17.7 Å². The fourth-order valence-corrected chi connectivity index (χ4v) is 1.79. The second-order valence-corrected chi connectivity index (χ2v) is 4.49. The number of aryl methyl sites for hydroxylation is 1. The molecule has 0 aliphatic carbocycles. The molecule has 0 aliphatic heterocycles. The molecule has 0 fully saturated rings. The number of esters is 1. The molecule has 18 heavy (non-hydrogen) atoms. The molecular weight excluding hydrogens is 302 g/mol. The van der Waals surface area contributed by atoms with Crippen molar-refractivity contribution in [3.63, 3.8) is 0 Å². The van der Waals surface area contributed by atoms with Crippen LogP contribution < -0.4 is 5.56 Å². The van der Waals surface area contributed by atoms with Gasteiger partial charge in [-0.3, -0.25) is 19.6 Å². The van der Waals surface area contributed by atoms with Crippen LogP contribution in [0.5, 0.6) is 0 Å². The lowest BCUT2D eigenvalue weighted by atomic mass is 10.1. The molecule has 7 heteroatoms. The summed E-state index contributed by atoms with van der Waals surface area (Å²) in [5, 5.41) is 2.65. The molecule has 0 radical (unpaired) electrons. The minimum atomic E-state index is -0.604. The monoisotopic (exact) mass is 311 g/mol. The molecular formula is C11H10BrN3O3. The summed E-state index contributed by atoms with van der Waals surface area (Å²) in [5.41, 5.74) is 0.391. The average molecular weight is 312 g/mol. The second-order valence-electron chi connectivity index (χ2n) is 3.58. The van der Waals surface area contributed by atoms with E-state index in [4.69, 9.17) is 0 Å². The highest BCUT2D eigenvalue weighted by molar-refractivity contribution is 9.10. The van der Waals surface area contributed by atoms with Crippen molar-refractivity contribution < 1.29 is 9.53 Å². The third-order valence-corrected chi connectivity index (χ3v) is 2.89. The van der Waals surface area contributed by atoms with E-state index < -0.39 is 5.97 Å². The number of nitrogens with zero attached hydrogens (tertiary/aromatic N) is 2. The Bertz CT molecular complexity index is 643. The number of H-pyrrole nitrogens is 1. The summed E-state index contributed by atoms with van der Waals surface area (Å²) in [7, 11) is 2.78. The Morgan fingerprint density at radius 3 is 2.78 bits per heavy atom. The molecule has 6 nitrogen and oxygen atoms in total. The predicted octanol–water partition coefficient (Wildman–Crippen LogP) is 1.32. The Kier molecular flexibility index (Phi) is 3.33. The third-order valence-electron chi connectivity index (χ3n) is 2.42. The Hall–Kier alpha value is -1.89. The van der Waals surface area contributed by atoms with Crippen molar-refractivity contribution in [3.8, 4) is 11.3 Å². The van der Waals surface area contributed by atoms with Crippen molar-refractivity contribution in [3.05, 3.63) is 38.9 Å². The van der Waals surface area contributed by atoms with Crippen molar-refractivity contribution >= 4 is 21.9 Å². The highest BCUT2D eigenvalue weighted by Gasteiger charge is 2.21. The van der Waals surface area contributed by atoms with Crippen LogP contribution in [0.4, 0.5) is 0 Å². The number of hydrogen-bond acceptors (Lipinski definition) is 4. The van der Waals surface area contributed by atoms with Gasteiger partial charge in [0.15, 0.2) is 5.69 Å². The predicted molar refractivity (Wildman–Crippen MR) is 68.3 cm³/mol. The van der Waals surface area contributed by atoms with E-state index in [-0.39, 0.29) is 16.8 Å². The van der Waals surface area contributed by atoms with Crippen molar-refractivity contribution in [2.75, 3.05) is 7.11 Å². The highest BCUT2D eigenvalue weighted by Crippen LogP contribution is 2.19. The Morgan fingerprint density at radius 2 is 2.22 bits per heavy atom. The molecule has 0 amide bonds. The Balaban J connectivity index is 2.66. The number of rotatable bonds is 2. The maximum absolute atomic E-state index is 12.0. The standard InChI is InChI=1S/C11H10BrN3O3/c1-15-10(16)8(9(14-15)11(17)18-2)7-4-3-6(12)5-13-7/h3-5,14H,1-2H3. The number of aromatic amines is 1. The lowest BCUT2D eigenvalue weighted by molar-refractivity contribution is 0.0594. The van der Waals surface area contributed by atoms with E-state index in [0.717, 1.165) is 4.47 Å². The van der Waals surface area contributed by atoms with Gasteiger partial charge in [-0.1, -0.05) is 0 Å². The highest BCUT2D eigenvalue weighted by atomic mass is 79.9. The van der Waals surface area contributed by atoms with Gasteiger partial charge in [-0.15, -0.1) is 0 Å². The molecule has 2 heterocycles. The Morgan fingerprint density at radius 1 is 1.50 bits per heavy atom. The van der Waals surface area contributed by atoms with E-state index in [2.05, 4.69) is 30.7 Å². The number of halogens is 1. The summed E-state index contributed by atoms with van der Waals surface area (Å²) in [4.78, 5) is 27.7. The Labute approximate surface area is 111 Å². The summed E-state index contributed by atoms with van der Waals surface area (Å²) in [5.74, 6) is -0.604. The zero-order chi connectivity index (χ0) is 13.3. The fourth-order valence-electron chi connectivity index (χ4n) is 1.56. The van der Waals surface area contributed by atoms with Crippen LogP contribution in [-0.2, 0) is 11.8 Å². The summed E-state index contributed by atoms with van der Waals surface area (Å²) < 4.78 is 6.63. The van der Waals surface area contributed by atoms with Gasteiger partial charge >= 0.3 is 5.97 Å². The largest absolute Gasteiger partial charge is 0.464 e. The lowest BCUT2D eigenvalue weighted by Gasteiger charge is -2.00. The molecule has 0 saturated heterocycles. The van der Waals surface area contributed by atoms with E-state index in [1.54, 1.807) is 18.3 Å². The van der Waals surface area contributed by atoms with Gasteiger partial charge in [0.2, 0.25) is 0 Å². The third kappa shape index (κ3) is 2.08. The van der Waals surface area contributed by atoms with Crippen LogP contribution in [0.1, 0.15) is 10.5 Å². The van der Waals surface area contributed by atoms with Gasteiger partial charge in [0.25, 0.3) is 5.56 Å². The number of aromatic nitrogens is 3. The van der Waals surface area contributed by atoms with Crippen LogP contribution >= 0.6 is 15.9 Å². The molecule has 0 aliphatic rings. The molecule has 2 aromatic rings. The number of ether oxygens (including phenoxy) is 1. The zero-order valence-electron chi connectivity index (χ0n) is 9.73. The number of methoxy groups -OCH3 is 1. The van der Waals surface area contributed by atoms with Crippen molar-refractivity contribution in [1.29, 1.82) is 0 Å². The van der Waals surface area contributed by atoms with E-state index in [1.807, 2.05) is 0 Å². The first-order valence-electron chi connectivity index (χ1n) is 5.04. The topological polar surface area (TPSA) is 77.0 Å². The minimum Gasteiger partial charge on any atom is -0.464 e.